The number of nitrogens with one attached hydrogen (secondary N) is 1. The van der Waals surface area contributed by atoms with E-state index in [-0.39, 0.29) is 11.4 Å². The van der Waals surface area contributed by atoms with Crippen molar-refractivity contribution in [3.8, 4) is 5.88 Å². The van der Waals surface area contributed by atoms with E-state index in [1.165, 1.54) is 0 Å². The minimum atomic E-state index is -3.57. The van der Waals surface area contributed by atoms with Gasteiger partial charge in [0, 0.05) is 11.8 Å². The van der Waals surface area contributed by atoms with Crippen LogP contribution in [0.3, 0.4) is 0 Å². The molecule has 9 heteroatoms. The summed E-state index contributed by atoms with van der Waals surface area (Å²) in [5, 5.41) is 8.05. The molecule has 0 aliphatic rings. The van der Waals surface area contributed by atoms with Crippen LogP contribution in [0.25, 0.3) is 0 Å². The number of benzene rings is 1. The van der Waals surface area contributed by atoms with Gasteiger partial charge < -0.3 is 4.74 Å². The molecule has 0 radical (unpaired) electrons. The van der Waals surface area contributed by atoms with E-state index in [1.54, 1.807) is 54.4 Å². The lowest BCUT2D eigenvalue weighted by molar-refractivity contribution is 0.396. The quantitative estimate of drug-likeness (QED) is 0.674. The van der Waals surface area contributed by atoms with Crippen molar-refractivity contribution in [3.63, 3.8) is 0 Å². The summed E-state index contributed by atoms with van der Waals surface area (Å²) >= 11 is 0. The van der Waals surface area contributed by atoms with Crippen LogP contribution in [0.15, 0.2) is 53.6 Å². The Bertz CT molecular complexity index is 987. The highest BCUT2D eigenvalue weighted by atomic mass is 32.2. The number of aryl methyl sites for hydroxylation is 1. The third kappa shape index (κ3) is 4.24. The smallest absolute Gasteiger partial charge is 0.240 e. The first-order chi connectivity index (χ1) is 12.5. The summed E-state index contributed by atoms with van der Waals surface area (Å²) in [5.41, 5.74) is 2.35. The lowest BCUT2D eigenvalue weighted by atomic mass is 10.2. The van der Waals surface area contributed by atoms with Crippen molar-refractivity contribution in [2.24, 2.45) is 0 Å². The van der Waals surface area contributed by atoms with Crippen molar-refractivity contribution >= 4 is 10.0 Å². The Morgan fingerprint density at radius 2 is 1.92 bits per heavy atom. The summed E-state index contributed by atoms with van der Waals surface area (Å²) in [6, 6.07) is 11.9. The van der Waals surface area contributed by atoms with Gasteiger partial charge in [0.05, 0.1) is 37.0 Å². The Hall–Kier alpha value is -2.78. The summed E-state index contributed by atoms with van der Waals surface area (Å²) in [4.78, 5) is 4.54. The van der Waals surface area contributed by atoms with Gasteiger partial charge in [-0.15, -0.1) is 5.10 Å². The number of pyridine rings is 1. The van der Waals surface area contributed by atoms with Gasteiger partial charge in [0.1, 0.15) is 0 Å². The summed E-state index contributed by atoms with van der Waals surface area (Å²) < 4.78 is 33.7. The molecule has 3 rings (SSSR count). The van der Waals surface area contributed by atoms with Gasteiger partial charge in [0.2, 0.25) is 15.9 Å². The highest BCUT2D eigenvalue weighted by Gasteiger charge is 2.14. The Labute approximate surface area is 151 Å². The lowest BCUT2D eigenvalue weighted by Gasteiger charge is -2.06. The van der Waals surface area contributed by atoms with Crippen LogP contribution in [0.4, 0.5) is 0 Å². The normalized spacial score (nSPS) is 11.5. The van der Waals surface area contributed by atoms with E-state index in [0.29, 0.717) is 18.1 Å². The summed E-state index contributed by atoms with van der Waals surface area (Å²) in [6.07, 6.45) is 1.71. The van der Waals surface area contributed by atoms with Crippen molar-refractivity contribution in [2.75, 3.05) is 7.11 Å². The maximum absolute atomic E-state index is 12.2. The van der Waals surface area contributed by atoms with Gasteiger partial charge in [-0.3, -0.25) is 0 Å². The van der Waals surface area contributed by atoms with Gasteiger partial charge in [0.25, 0.3) is 0 Å². The van der Waals surface area contributed by atoms with E-state index < -0.39 is 10.0 Å². The predicted octanol–water partition coefficient (Wildman–Crippen LogP) is 1.52. The molecular weight excluding hydrogens is 354 g/mol. The summed E-state index contributed by atoms with van der Waals surface area (Å²) in [5.74, 6) is 0.556. The first-order valence-corrected chi connectivity index (χ1v) is 9.40. The number of aromatic nitrogens is 4. The topological polar surface area (TPSA) is 99.0 Å². The number of rotatable bonds is 7. The van der Waals surface area contributed by atoms with Gasteiger partial charge in [-0.25, -0.2) is 22.8 Å². The molecule has 26 heavy (non-hydrogen) atoms. The average molecular weight is 373 g/mol. The van der Waals surface area contributed by atoms with Crippen LogP contribution in [0.5, 0.6) is 5.88 Å². The number of ether oxygens (including phenoxy) is 1. The van der Waals surface area contributed by atoms with E-state index in [1.807, 2.05) is 13.0 Å². The van der Waals surface area contributed by atoms with Crippen LogP contribution in [0.2, 0.25) is 0 Å². The molecule has 2 heterocycles. The van der Waals surface area contributed by atoms with Crippen LogP contribution < -0.4 is 9.46 Å². The van der Waals surface area contributed by atoms with Gasteiger partial charge >= 0.3 is 0 Å². The minimum absolute atomic E-state index is 0.0665. The van der Waals surface area contributed by atoms with Crippen molar-refractivity contribution in [1.82, 2.24) is 24.7 Å². The number of sulfonamides is 1. The standard InChI is InChI=1S/C17H19N5O3S/c1-13-14(8-9-17(19-13)25-2)11-22-12-15(20-21-22)10-18-26(23,24)16-6-4-3-5-7-16/h3-9,12,18H,10-11H2,1-2H3. The fourth-order valence-electron chi connectivity index (χ4n) is 2.37. The predicted molar refractivity (Wildman–Crippen MR) is 95.1 cm³/mol. The molecule has 0 bridgehead atoms. The monoisotopic (exact) mass is 373 g/mol. The highest BCUT2D eigenvalue weighted by molar-refractivity contribution is 7.89. The number of methoxy groups -OCH3 is 1. The van der Waals surface area contributed by atoms with Crippen LogP contribution >= 0.6 is 0 Å². The summed E-state index contributed by atoms with van der Waals surface area (Å²) in [7, 11) is -2.00. The second-order valence-electron chi connectivity index (χ2n) is 5.64. The molecule has 136 valence electrons. The Balaban J connectivity index is 1.65. The van der Waals surface area contributed by atoms with E-state index in [0.717, 1.165) is 11.3 Å². The van der Waals surface area contributed by atoms with Crippen LogP contribution in [0, 0.1) is 6.92 Å². The minimum Gasteiger partial charge on any atom is -0.481 e. The third-order valence-electron chi connectivity index (χ3n) is 3.79. The Morgan fingerprint density at radius 1 is 1.15 bits per heavy atom. The molecule has 0 spiro atoms. The second kappa shape index (κ2) is 7.63. The van der Waals surface area contributed by atoms with E-state index in [9.17, 15) is 8.42 Å². The van der Waals surface area contributed by atoms with E-state index in [4.69, 9.17) is 4.74 Å². The zero-order valence-electron chi connectivity index (χ0n) is 14.5. The van der Waals surface area contributed by atoms with Crippen molar-refractivity contribution < 1.29 is 13.2 Å². The van der Waals surface area contributed by atoms with Crippen LogP contribution in [0.1, 0.15) is 17.0 Å². The fourth-order valence-corrected chi connectivity index (χ4v) is 3.39. The molecule has 0 atom stereocenters. The largest absolute Gasteiger partial charge is 0.481 e. The van der Waals surface area contributed by atoms with Gasteiger partial charge in [-0.2, -0.15) is 0 Å². The van der Waals surface area contributed by atoms with E-state index >= 15 is 0 Å². The second-order valence-corrected chi connectivity index (χ2v) is 7.41. The molecule has 8 nitrogen and oxygen atoms in total. The molecule has 0 saturated carbocycles. The van der Waals surface area contributed by atoms with Crippen molar-refractivity contribution in [1.29, 1.82) is 0 Å². The molecular formula is C17H19N5O3S. The van der Waals surface area contributed by atoms with Crippen LogP contribution in [-0.2, 0) is 23.1 Å². The third-order valence-corrected chi connectivity index (χ3v) is 5.21. The fraction of sp³-hybridized carbons (Fsp3) is 0.235. The molecule has 1 aromatic carbocycles. The number of hydrogen-bond acceptors (Lipinski definition) is 6. The molecule has 3 aromatic rings. The van der Waals surface area contributed by atoms with Gasteiger partial charge in [-0.1, -0.05) is 23.4 Å². The first kappa shape index (κ1) is 18.0. The molecule has 1 N–H and O–H groups in total. The number of nitrogens with zero attached hydrogens (tertiary/aromatic N) is 4. The molecule has 0 unspecified atom stereocenters. The van der Waals surface area contributed by atoms with Gasteiger partial charge in [-0.05, 0) is 30.7 Å². The number of hydrogen-bond donors (Lipinski definition) is 1. The Morgan fingerprint density at radius 3 is 2.62 bits per heavy atom. The van der Waals surface area contributed by atoms with Crippen molar-refractivity contribution in [2.45, 2.75) is 24.9 Å². The maximum atomic E-state index is 12.2. The zero-order chi connectivity index (χ0) is 18.6. The molecule has 0 aliphatic heterocycles. The zero-order valence-corrected chi connectivity index (χ0v) is 15.3. The van der Waals surface area contributed by atoms with E-state index in [2.05, 4.69) is 20.0 Å². The summed E-state index contributed by atoms with van der Waals surface area (Å²) in [6.45, 7) is 2.45. The molecule has 0 aliphatic carbocycles. The molecule has 0 amide bonds. The van der Waals surface area contributed by atoms with Gasteiger partial charge in [0.15, 0.2) is 0 Å². The molecule has 2 aromatic heterocycles. The molecule has 0 saturated heterocycles. The highest BCUT2D eigenvalue weighted by Crippen LogP contribution is 2.13. The maximum Gasteiger partial charge on any atom is 0.240 e. The van der Waals surface area contributed by atoms with Crippen molar-refractivity contribution in [3.05, 3.63) is 65.6 Å². The average Bonchev–Trinajstić information content (AvgIpc) is 3.10. The Kier molecular flexibility index (Phi) is 5.29. The molecule has 0 fully saturated rings. The SMILES string of the molecule is COc1ccc(Cn2cc(CNS(=O)(=O)c3ccccc3)nn2)c(C)n1. The lowest BCUT2D eigenvalue weighted by Crippen LogP contribution is -2.23. The van der Waals surface area contributed by atoms with Crippen LogP contribution in [-0.4, -0.2) is 35.5 Å². The first-order valence-electron chi connectivity index (χ1n) is 7.92.